The van der Waals surface area contributed by atoms with Crippen LogP contribution in [0.15, 0.2) is 41.5 Å². The molecule has 2 atom stereocenters. The number of phenolic OH excluding ortho intramolecular Hbond substituents is 1. The van der Waals surface area contributed by atoms with Gasteiger partial charge in [-0.25, -0.2) is 4.79 Å². The Morgan fingerprint density at radius 3 is 2.59 bits per heavy atom. The number of methoxy groups -OCH3 is 1. The van der Waals surface area contributed by atoms with Gasteiger partial charge >= 0.3 is 5.97 Å². The summed E-state index contributed by atoms with van der Waals surface area (Å²) in [4.78, 5) is 12.8. The maximum absolute atomic E-state index is 12.8. The van der Waals surface area contributed by atoms with Crippen molar-refractivity contribution < 1.29 is 19.4 Å². The van der Waals surface area contributed by atoms with Gasteiger partial charge in [-0.15, -0.1) is 0 Å². The molecule has 1 aromatic rings. The van der Waals surface area contributed by atoms with E-state index in [-0.39, 0.29) is 23.5 Å². The third kappa shape index (κ3) is 5.88. The van der Waals surface area contributed by atoms with E-state index in [0.29, 0.717) is 11.5 Å². The Balaban J connectivity index is 2.27. The number of allylic oxidation sites excluding steroid dienone is 3. The SMILES string of the molecule is COc1cc(C(=O)O[C@H]2/C=C(\C)CC/C=C(\C)CC[C@H]2C(C)C)ccc1O. The van der Waals surface area contributed by atoms with E-state index in [1.165, 1.54) is 30.4 Å². The Hall–Kier alpha value is -2.23. The number of ether oxygens (including phenoxy) is 2. The molecule has 0 heterocycles. The van der Waals surface area contributed by atoms with Crippen LogP contribution in [0, 0.1) is 11.8 Å². The standard InChI is InChI=1S/C23H32O4/c1-15(2)19-11-9-16(3)7-6-8-17(4)13-21(19)27-23(25)18-10-12-20(24)22(14-18)26-5/h7,10,12-15,19,21,24H,6,8-9,11H2,1-5H3/b16-7+,17-13+/t19-,21-/m0/s1. The second-order valence-electron chi connectivity index (χ2n) is 7.81. The van der Waals surface area contributed by atoms with Crippen LogP contribution in [0.2, 0.25) is 0 Å². The number of phenols is 1. The van der Waals surface area contributed by atoms with E-state index in [4.69, 9.17) is 9.47 Å². The lowest BCUT2D eigenvalue weighted by Gasteiger charge is -2.29. The van der Waals surface area contributed by atoms with Crippen LogP contribution in [0.3, 0.4) is 0 Å². The molecule has 2 rings (SSSR count). The van der Waals surface area contributed by atoms with Gasteiger partial charge in [0.05, 0.1) is 12.7 Å². The van der Waals surface area contributed by atoms with Crippen molar-refractivity contribution in [1.29, 1.82) is 0 Å². The monoisotopic (exact) mass is 372 g/mol. The molecule has 0 spiro atoms. The van der Waals surface area contributed by atoms with Gasteiger partial charge in [-0.2, -0.15) is 0 Å². The van der Waals surface area contributed by atoms with Crippen LogP contribution in [0.25, 0.3) is 0 Å². The Kier molecular flexibility index (Phi) is 7.52. The first-order valence-electron chi connectivity index (χ1n) is 9.72. The maximum atomic E-state index is 12.8. The van der Waals surface area contributed by atoms with Gasteiger partial charge in [0.15, 0.2) is 11.5 Å². The van der Waals surface area contributed by atoms with Crippen molar-refractivity contribution in [3.63, 3.8) is 0 Å². The highest BCUT2D eigenvalue weighted by molar-refractivity contribution is 5.90. The van der Waals surface area contributed by atoms with E-state index in [1.54, 1.807) is 6.07 Å². The molecular weight excluding hydrogens is 340 g/mol. The molecule has 0 amide bonds. The second-order valence-corrected chi connectivity index (χ2v) is 7.81. The summed E-state index contributed by atoms with van der Waals surface area (Å²) >= 11 is 0. The van der Waals surface area contributed by atoms with E-state index in [0.717, 1.165) is 25.7 Å². The fourth-order valence-corrected chi connectivity index (χ4v) is 3.52. The van der Waals surface area contributed by atoms with Crippen LogP contribution in [0.4, 0.5) is 0 Å². The van der Waals surface area contributed by atoms with Crippen LogP contribution < -0.4 is 4.74 Å². The lowest BCUT2D eigenvalue weighted by molar-refractivity contribution is 0.0198. The average Bonchev–Trinajstić information content (AvgIpc) is 2.61. The number of hydrogen-bond donors (Lipinski definition) is 1. The van der Waals surface area contributed by atoms with E-state index in [9.17, 15) is 9.90 Å². The highest BCUT2D eigenvalue weighted by atomic mass is 16.5. The second kappa shape index (κ2) is 9.63. The quantitative estimate of drug-likeness (QED) is 0.547. The van der Waals surface area contributed by atoms with Gasteiger partial charge in [-0.1, -0.05) is 31.1 Å². The molecule has 27 heavy (non-hydrogen) atoms. The van der Waals surface area contributed by atoms with Gasteiger partial charge in [-0.05, 0) is 69.7 Å². The smallest absolute Gasteiger partial charge is 0.338 e. The van der Waals surface area contributed by atoms with Crippen LogP contribution >= 0.6 is 0 Å². The van der Waals surface area contributed by atoms with Gasteiger partial charge in [-0.3, -0.25) is 0 Å². The Bertz CT molecular complexity index is 715. The first-order valence-corrected chi connectivity index (χ1v) is 9.72. The number of aromatic hydroxyl groups is 1. The molecule has 1 aromatic carbocycles. The third-order valence-corrected chi connectivity index (χ3v) is 5.29. The molecule has 0 radical (unpaired) electrons. The molecule has 1 aliphatic rings. The van der Waals surface area contributed by atoms with Gasteiger partial charge in [0.25, 0.3) is 0 Å². The number of esters is 1. The molecule has 1 N–H and O–H groups in total. The summed E-state index contributed by atoms with van der Waals surface area (Å²) in [5.41, 5.74) is 3.03. The number of hydrogen-bond acceptors (Lipinski definition) is 4. The molecule has 0 aromatic heterocycles. The molecule has 0 aliphatic heterocycles. The van der Waals surface area contributed by atoms with Gasteiger partial charge in [0.2, 0.25) is 0 Å². The van der Waals surface area contributed by atoms with Crippen LogP contribution in [0.1, 0.15) is 63.7 Å². The van der Waals surface area contributed by atoms with Crippen molar-refractivity contribution in [2.24, 2.45) is 11.8 Å². The number of benzene rings is 1. The van der Waals surface area contributed by atoms with Crippen molar-refractivity contribution >= 4 is 5.97 Å². The molecular formula is C23H32O4. The van der Waals surface area contributed by atoms with E-state index < -0.39 is 5.97 Å². The van der Waals surface area contributed by atoms with Crippen molar-refractivity contribution in [3.8, 4) is 11.5 Å². The lowest BCUT2D eigenvalue weighted by atomic mass is 9.83. The topological polar surface area (TPSA) is 55.8 Å². The number of carbonyl (C=O) groups is 1. The molecule has 4 nitrogen and oxygen atoms in total. The molecule has 0 fully saturated rings. The normalized spacial score (nSPS) is 25.1. The summed E-state index contributed by atoms with van der Waals surface area (Å²) in [5, 5.41) is 9.75. The average molecular weight is 373 g/mol. The van der Waals surface area contributed by atoms with Gasteiger partial charge < -0.3 is 14.6 Å². The predicted molar refractivity (Wildman–Crippen MR) is 108 cm³/mol. The molecule has 0 saturated heterocycles. The summed E-state index contributed by atoms with van der Waals surface area (Å²) in [6.07, 6.45) is 8.19. The first-order chi connectivity index (χ1) is 12.8. The first kappa shape index (κ1) is 21.1. The Morgan fingerprint density at radius 2 is 1.93 bits per heavy atom. The summed E-state index contributed by atoms with van der Waals surface area (Å²) in [7, 11) is 1.46. The highest BCUT2D eigenvalue weighted by Crippen LogP contribution is 2.31. The summed E-state index contributed by atoms with van der Waals surface area (Å²) in [6.45, 7) is 8.65. The van der Waals surface area contributed by atoms with E-state index >= 15 is 0 Å². The zero-order chi connectivity index (χ0) is 20.0. The molecule has 0 saturated carbocycles. The lowest BCUT2D eigenvalue weighted by Crippen LogP contribution is -2.29. The number of rotatable bonds is 4. The number of carbonyl (C=O) groups excluding carboxylic acids is 1. The van der Waals surface area contributed by atoms with Gasteiger partial charge in [0, 0.05) is 5.92 Å². The van der Waals surface area contributed by atoms with Crippen molar-refractivity contribution in [2.45, 2.75) is 59.5 Å². The minimum absolute atomic E-state index is 0.00537. The zero-order valence-corrected chi connectivity index (χ0v) is 17.1. The van der Waals surface area contributed by atoms with Crippen molar-refractivity contribution in [2.75, 3.05) is 7.11 Å². The van der Waals surface area contributed by atoms with Crippen LogP contribution in [-0.4, -0.2) is 24.3 Å². The predicted octanol–water partition coefficient (Wildman–Crippen LogP) is 5.67. The molecule has 4 heteroatoms. The van der Waals surface area contributed by atoms with Crippen LogP contribution in [0.5, 0.6) is 11.5 Å². The van der Waals surface area contributed by atoms with Crippen molar-refractivity contribution in [3.05, 3.63) is 47.1 Å². The van der Waals surface area contributed by atoms with Gasteiger partial charge in [0.1, 0.15) is 6.10 Å². The summed E-state index contributed by atoms with van der Waals surface area (Å²) < 4.78 is 11.1. The fraction of sp³-hybridized carbons (Fsp3) is 0.522. The fourth-order valence-electron chi connectivity index (χ4n) is 3.52. The van der Waals surface area contributed by atoms with Crippen LogP contribution in [-0.2, 0) is 4.74 Å². The van der Waals surface area contributed by atoms with Crippen molar-refractivity contribution in [1.82, 2.24) is 0 Å². The largest absolute Gasteiger partial charge is 0.504 e. The Labute approximate surface area is 162 Å². The minimum atomic E-state index is -0.391. The third-order valence-electron chi connectivity index (χ3n) is 5.29. The highest BCUT2D eigenvalue weighted by Gasteiger charge is 2.27. The molecule has 148 valence electrons. The summed E-state index contributed by atoms with van der Waals surface area (Å²) in [5.74, 6) is 0.532. The van der Waals surface area contributed by atoms with E-state index in [1.807, 2.05) is 0 Å². The Morgan fingerprint density at radius 1 is 1.19 bits per heavy atom. The maximum Gasteiger partial charge on any atom is 0.338 e. The molecule has 0 unspecified atom stereocenters. The summed E-state index contributed by atoms with van der Waals surface area (Å²) in [6, 6.07) is 4.54. The molecule has 1 aliphatic carbocycles. The minimum Gasteiger partial charge on any atom is -0.504 e. The van der Waals surface area contributed by atoms with E-state index in [2.05, 4.69) is 39.8 Å². The zero-order valence-electron chi connectivity index (χ0n) is 17.1. The molecule has 0 bridgehead atoms.